The maximum Gasteiger partial charge on any atom is 0.343 e. The van der Waals surface area contributed by atoms with Crippen LogP contribution < -0.4 is 5.32 Å². The number of aromatic nitrogens is 2. The Balaban J connectivity index is 1.60. The molecule has 1 fully saturated rings. The Labute approximate surface area is 185 Å². The fourth-order valence-electron chi connectivity index (χ4n) is 4.50. The summed E-state index contributed by atoms with van der Waals surface area (Å²) in [6.45, 7) is 3.54. The molecule has 0 atom stereocenters. The number of aryl methyl sites for hydroxylation is 2. The summed E-state index contributed by atoms with van der Waals surface area (Å²) in [5, 5.41) is 6.90. The van der Waals surface area contributed by atoms with Crippen molar-refractivity contribution < 1.29 is 23.9 Å². The Kier molecular flexibility index (Phi) is 5.82. The lowest BCUT2D eigenvalue weighted by Crippen LogP contribution is -2.40. The van der Waals surface area contributed by atoms with Crippen molar-refractivity contribution in [2.24, 2.45) is 7.05 Å². The Morgan fingerprint density at radius 3 is 2.50 bits per heavy atom. The number of esters is 1. The standard InChI is InChI=1S/C23H26N4O5/c1-4-32-23(31)18-13(2)25-26(3)19(18)24-20(28)14-10-11-16-17(12-14)22(30)27(21(16)29)15-8-6-5-7-9-15/h10-12,15H,4-9H2,1-3H3,(H,24,28). The van der Waals surface area contributed by atoms with Gasteiger partial charge in [-0.1, -0.05) is 19.3 Å². The number of anilines is 1. The van der Waals surface area contributed by atoms with Crippen LogP contribution in [-0.2, 0) is 11.8 Å². The van der Waals surface area contributed by atoms with Crippen LogP contribution in [-0.4, -0.2) is 51.0 Å². The fraction of sp³-hybridized carbons (Fsp3) is 0.435. The van der Waals surface area contributed by atoms with E-state index in [2.05, 4.69) is 10.4 Å². The molecule has 0 unspecified atom stereocenters. The molecule has 1 aromatic heterocycles. The van der Waals surface area contributed by atoms with Crippen molar-refractivity contribution in [3.8, 4) is 0 Å². The van der Waals surface area contributed by atoms with E-state index in [0.29, 0.717) is 11.3 Å². The first-order chi connectivity index (χ1) is 15.3. The first-order valence-electron chi connectivity index (χ1n) is 10.9. The minimum absolute atomic E-state index is 0.0852. The third-order valence-corrected chi connectivity index (χ3v) is 6.05. The molecule has 1 N–H and O–H groups in total. The molecule has 0 spiro atoms. The van der Waals surface area contributed by atoms with Crippen LogP contribution >= 0.6 is 0 Å². The molecule has 3 amide bonds. The van der Waals surface area contributed by atoms with Gasteiger partial charge >= 0.3 is 5.97 Å². The van der Waals surface area contributed by atoms with Gasteiger partial charge in [-0.15, -0.1) is 0 Å². The van der Waals surface area contributed by atoms with E-state index in [4.69, 9.17) is 4.74 Å². The number of rotatable bonds is 5. The number of nitrogens with one attached hydrogen (secondary N) is 1. The van der Waals surface area contributed by atoms with Crippen LogP contribution in [0.2, 0.25) is 0 Å². The van der Waals surface area contributed by atoms with Crippen LogP contribution in [0, 0.1) is 6.92 Å². The van der Waals surface area contributed by atoms with Crippen LogP contribution in [0.4, 0.5) is 5.82 Å². The predicted octanol–water partition coefficient (Wildman–Crippen LogP) is 3.09. The van der Waals surface area contributed by atoms with Gasteiger partial charge in [0.25, 0.3) is 17.7 Å². The third-order valence-electron chi connectivity index (χ3n) is 6.05. The number of carbonyl (C=O) groups excluding carboxylic acids is 4. The molecule has 0 radical (unpaired) electrons. The average molecular weight is 438 g/mol. The van der Waals surface area contributed by atoms with E-state index in [1.807, 2.05) is 0 Å². The summed E-state index contributed by atoms with van der Waals surface area (Å²) in [5.74, 6) is -1.53. The van der Waals surface area contributed by atoms with Crippen molar-refractivity contribution in [1.82, 2.24) is 14.7 Å². The molecule has 1 saturated carbocycles. The topological polar surface area (TPSA) is 111 Å². The highest BCUT2D eigenvalue weighted by atomic mass is 16.5. The van der Waals surface area contributed by atoms with Crippen molar-refractivity contribution in [2.75, 3.05) is 11.9 Å². The van der Waals surface area contributed by atoms with Gasteiger partial charge < -0.3 is 10.1 Å². The number of carbonyl (C=O) groups is 4. The summed E-state index contributed by atoms with van der Waals surface area (Å²) < 4.78 is 6.47. The SMILES string of the molecule is CCOC(=O)c1c(C)nn(C)c1NC(=O)c1ccc2c(c1)C(=O)N(C1CCCCC1)C2=O. The molecule has 1 aliphatic carbocycles. The zero-order valence-electron chi connectivity index (χ0n) is 18.4. The van der Waals surface area contributed by atoms with E-state index in [-0.39, 0.29) is 47.0 Å². The van der Waals surface area contributed by atoms with Gasteiger partial charge in [0.2, 0.25) is 0 Å². The molecule has 9 heteroatoms. The van der Waals surface area contributed by atoms with Gasteiger partial charge in [-0.2, -0.15) is 5.10 Å². The zero-order chi connectivity index (χ0) is 23.0. The second kappa shape index (κ2) is 8.57. The number of fused-ring (bicyclic) bond motifs is 1. The van der Waals surface area contributed by atoms with Crippen molar-refractivity contribution in [2.45, 2.75) is 52.0 Å². The largest absolute Gasteiger partial charge is 0.462 e. The van der Waals surface area contributed by atoms with Crippen molar-refractivity contribution >= 4 is 29.5 Å². The maximum absolute atomic E-state index is 13.0. The molecule has 2 heterocycles. The maximum atomic E-state index is 13.0. The van der Waals surface area contributed by atoms with Crippen LogP contribution in [0.3, 0.4) is 0 Å². The van der Waals surface area contributed by atoms with Gasteiger partial charge in [-0.3, -0.25) is 24.0 Å². The molecule has 2 aliphatic rings. The lowest BCUT2D eigenvalue weighted by atomic mass is 9.94. The smallest absolute Gasteiger partial charge is 0.343 e. The van der Waals surface area contributed by atoms with Crippen LogP contribution in [0.1, 0.15) is 86.2 Å². The highest BCUT2D eigenvalue weighted by molar-refractivity contribution is 6.22. The molecule has 0 bridgehead atoms. The van der Waals surface area contributed by atoms with Crippen LogP contribution in [0.5, 0.6) is 0 Å². The number of nitrogens with zero attached hydrogens (tertiary/aromatic N) is 3. The van der Waals surface area contributed by atoms with Gasteiger partial charge in [-0.05, 0) is 44.9 Å². The Morgan fingerprint density at radius 2 is 1.81 bits per heavy atom. The molecule has 1 aliphatic heterocycles. The van der Waals surface area contributed by atoms with E-state index < -0.39 is 11.9 Å². The average Bonchev–Trinajstić information content (AvgIpc) is 3.20. The van der Waals surface area contributed by atoms with Crippen molar-refractivity contribution in [3.05, 3.63) is 46.1 Å². The molecular weight excluding hydrogens is 412 g/mol. The summed E-state index contributed by atoms with van der Waals surface area (Å²) >= 11 is 0. The number of benzene rings is 1. The normalized spacial score (nSPS) is 16.3. The van der Waals surface area contributed by atoms with Crippen molar-refractivity contribution in [3.63, 3.8) is 0 Å². The van der Waals surface area contributed by atoms with Crippen molar-refractivity contribution in [1.29, 1.82) is 0 Å². The predicted molar refractivity (Wildman–Crippen MR) is 116 cm³/mol. The Hall–Kier alpha value is -3.49. The number of hydrogen-bond donors (Lipinski definition) is 1. The summed E-state index contributed by atoms with van der Waals surface area (Å²) in [5.41, 5.74) is 1.38. The van der Waals surface area contributed by atoms with E-state index in [9.17, 15) is 19.2 Å². The quantitative estimate of drug-likeness (QED) is 0.567. The lowest BCUT2D eigenvalue weighted by molar-refractivity contribution is 0.0521. The minimum Gasteiger partial charge on any atom is -0.462 e. The minimum atomic E-state index is -0.578. The zero-order valence-corrected chi connectivity index (χ0v) is 18.4. The van der Waals surface area contributed by atoms with Gasteiger partial charge in [0, 0.05) is 18.7 Å². The lowest BCUT2D eigenvalue weighted by Gasteiger charge is -2.29. The van der Waals surface area contributed by atoms with Gasteiger partial charge in [0.15, 0.2) is 0 Å². The van der Waals surface area contributed by atoms with E-state index in [0.717, 1.165) is 32.1 Å². The fourth-order valence-corrected chi connectivity index (χ4v) is 4.50. The summed E-state index contributed by atoms with van der Waals surface area (Å²) in [6.07, 6.45) is 4.74. The highest BCUT2D eigenvalue weighted by Crippen LogP contribution is 2.31. The molecule has 9 nitrogen and oxygen atoms in total. The first-order valence-corrected chi connectivity index (χ1v) is 10.9. The molecule has 0 saturated heterocycles. The van der Waals surface area contributed by atoms with E-state index >= 15 is 0 Å². The van der Waals surface area contributed by atoms with Crippen LogP contribution in [0.25, 0.3) is 0 Å². The van der Waals surface area contributed by atoms with Gasteiger partial charge in [0.05, 0.1) is 23.4 Å². The Bertz CT molecular complexity index is 1110. The number of imide groups is 1. The number of ether oxygens (including phenoxy) is 1. The third kappa shape index (κ3) is 3.68. The Morgan fingerprint density at radius 1 is 1.12 bits per heavy atom. The highest BCUT2D eigenvalue weighted by Gasteiger charge is 2.40. The molecule has 168 valence electrons. The summed E-state index contributed by atoms with van der Waals surface area (Å²) in [6, 6.07) is 4.39. The van der Waals surface area contributed by atoms with Gasteiger partial charge in [0.1, 0.15) is 11.4 Å². The molecule has 1 aromatic carbocycles. The summed E-state index contributed by atoms with van der Waals surface area (Å²) in [7, 11) is 1.61. The molecule has 32 heavy (non-hydrogen) atoms. The van der Waals surface area contributed by atoms with Gasteiger partial charge in [-0.25, -0.2) is 4.79 Å². The van der Waals surface area contributed by atoms with E-state index in [1.54, 1.807) is 20.9 Å². The number of amides is 3. The second-order valence-corrected chi connectivity index (χ2v) is 8.14. The molecular formula is C23H26N4O5. The monoisotopic (exact) mass is 438 g/mol. The molecule has 4 rings (SSSR count). The van der Waals surface area contributed by atoms with Crippen LogP contribution in [0.15, 0.2) is 18.2 Å². The molecule has 2 aromatic rings. The first kappa shape index (κ1) is 21.7. The number of hydrogen-bond acceptors (Lipinski definition) is 6. The summed E-state index contributed by atoms with van der Waals surface area (Å²) in [4.78, 5) is 52.5. The van der Waals surface area contributed by atoms with E-state index in [1.165, 1.54) is 27.8 Å². The second-order valence-electron chi connectivity index (χ2n) is 8.14.